The Balaban J connectivity index is 1.33. The number of pyridine rings is 1. The van der Waals surface area contributed by atoms with E-state index < -0.39 is 15.9 Å². The van der Waals surface area contributed by atoms with Gasteiger partial charge in [0.15, 0.2) is 11.5 Å². The van der Waals surface area contributed by atoms with Crippen molar-refractivity contribution in [3.05, 3.63) is 76.2 Å². The number of sulfonamides is 1. The molecule has 10 nitrogen and oxygen atoms in total. The second-order valence-electron chi connectivity index (χ2n) is 9.41. The predicted octanol–water partition coefficient (Wildman–Crippen LogP) is 2.93. The average Bonchev–Trinajstić information content (AvgIpc) is 2.93. The number of carbonyl (C=O) groups is 1. The van der Waals surface area contributed by atoms with Gasteiger partial charge in [0.2, 0.25) is 15.8 Å². The van der Waals surface area contributed by atoms with Crippen molar-refractivity contribution in [1.29, 1.82) is 0 Å². The molecule has 1 fully saturated rings. The van der Waals surface area contributed by atoms with E-state index in [1.54, 1.807) is 28.8 Å². The molecule has 0 spiro atoms. The lowest BCUT2D eigenvalue weighted by Gasteiger charge is -2.42. The van der Waals surface area contributed by atoms with E-state index in [2.05, 4.69) is 5.32 Å². The standard InChI is InChI=1S/C27H29N3O7S/c1-35-23-12-18(13-24(36-2)26(23)37-3)27(32)28-20-7-9-21(10-8-20)38(33,34)29-14-17-11-19(16-29)22-5-4-6-25(31)30(22)15-17/h4-10,12-13,17,19H,11,14-16H2,1-3H3,(H,28,32)/t17-,19+/m1/s1. The summed E-state index contributed by atoms with van der Waals surface area (Å²) >= 11 is 0. The number of fused-ring (bicyclic) bond motifs is 4. The van der Waals surface area contributed by atoms with E-state index in [0.29, 0.717) is 42.6 Å². The van der Waals surface area contributed by atoms with Crippen molar-refractivity contribution in [2.75, 3.05) is 39.7 Å². The van der Waals surface area contributed by atoms with Crippen molar-refractivity contribution in [3.63, 3.8) is 0 Å². The van der Waals surface area contributed by atoms with E-state index >= 15 is 0 Å². The zero-order valence-corrected chi connectivity index (χ0v) is 22.2. The molecule has 1 aromatic heterocycles. The molecule has 5 rings (SSSR count). The summed E-state index contributed by atoms with van der Waals surface area (Å²) in [4.78, 5) is 25.3. The lowest BCUT2D eigenvalue weighted by atomic mass is 9.84. The van der Waals surface area contributed by atoms with Crippen LogP contribution in [0.4, 0.5) is 5.69 Å². The van der Waals surface area contributed by atoms with Crippen LogP contribution in [0.5, 0.6) is 17.2 Å². The Labute approximate surface area is 220 Å². The van der Waals surface area contributed by atoms with Crippen molar-refractivity contribution in [2.24, 2.45) is 5.92 Å². The van der Waals surface area contributed by atoms with Gasteiger partial charge in [-0.05, 0) is 54.8 Å². The minimum atomic E-state index is -3.75. The maximum atomic E-state index is 13.5. The third-order valence-electron chi connectivity index (χ3n) is 7.12. The molecule has 200 valence electrons. The smallest absolute Gasteiger partial charge is 0.255 e. The normalized spacial score (nSPS) is 18.8. The minimum Gasteiger partial charge on any atom is -0.493 e. The summed E-state index contributed by atoms with van der Waals surface area (Å²) in [6, 6.07) is 14.3. The van der Waals surface area contributed by atoms with E-state index in [9.17, 15) is 18.0 Å². The number of ether oxygens (including phenoxy) is 3. The van der Waals surface area contributed by atoms with Gasteiger partial charge in [0.25, 0.3) is 11.5 Å². The number of piperidine rings is 1. The van der Waals surface area contributed by atoms with Crippen LogP contribution in [0.3, 0.4) is 0 Å². The second kappa shape index (κ2) is 10.1. The molecule has 38 heavy (non-hydrogen) atoms. The Bertz CT molecular complexity index is 1510. The molecule has 1 N–H and O–H groups in total. The summed E-state index contributed by atoms with van der Waals surface area (Å²) in [7, 11) is 0.654. The van der Waals surface area contributed by atoms with Gasteiger partial charge < -0.3 is 24.1 Å². The second-order valence-corrected chi connectivity index (χ2v) is 11.4. The van der Waals surface area contributed by atoms with Crippen molar-refractivity contribution in [2.45, 2.75) is 23.8 Å². The number of aromatic nitrogens is 1. The van der Waals surface area contributed by atoms with Crippen molar-refractivity contribution in [3.8, 4) is 17.2 Å². The van der Waals surface area contributed by atoms with Crippen LogP contribution in [0.25, 0.3) is 0 Å². The molecule has 2 aromatic carbocycles. The van der Waals surface area contributed by atoms with Crippen LogP contribution in [-0.4, -0.2) is 57.6 Å². The Morgan fingerprint density at radius 3 is 2.24 bits per heavy atom. The maximum absolute atomic E-state index is 13.5. The molecule has 0 aliphatic carbocycles. The molecule has 3 heterocycles. The minimum absolute atomic E-state index is 0.0248. The van der Waals surface area contributed by atoms with Crippen LogP contribution in [-0.2, 0) is 16.6 Å². The lowest BCUT2D eigenvalue weighted by Crippen LogP contribution is -2.48. The summed E-state index contributed by atoms with van der Waals surface area (Å²) in [5.74, 6) is 0.696. The van der Waals surface area contributed by atoms with Gasteiger partial charge in [-0.15, -0.1) is 0 Å². The average molecular weight is 540 g/mol. The molecule has 0 saturated carbocycles. The van der Waals surface area contributed by atoms with Gasteiger partial charge in [0, 0.05) is 48.6 Å². The van der Waals surface area contributed by atoms with Crippen molar-refractivity contribution < 1.29 is 27.4 Å². The van der Waals surface area contributed by atoms with Gasteiger partial charge in [-0.3, -0.25) is 9.59 Å². The van der Waals surface area contributed by atoms with Gasteiger partial charge >= 0.3 is 0 Å². The first kappa shape index (κ1) is 25.8. The molecule has 2 atom stereocenters. The fourth-order valence-electron chi connectivity index (χ4n) is 5.32. The highest BCUT2D eigenvalue weighted by molar-refractivity contribution is 7.89. The molecular formula is C27H29N3O7S. The summed E-state index contributed by atoms with van der Waals surface area (Å²) in [5, 5.41) is 2.77. The number of rotatable bonds is 7. The Hall–Kier alpha value is -3.83. The van der Waals surface area contributed by atoms with Gasteiger partial charge in [0.1, 0.15) is 0 Å². The van der Waals surface area contributed by atoms with E-state index in [4.69, 9.17) is 14.2 Å². The molecule has 3 aromatic rings. The Morgan fingerprint density at radius 2 is 1.61 bits per heavy atom. The largest absolute Gasteiger partial charge is 0.493 e. The number of amides is 1. The van der Waals surface area contributed by atoms with Crippen LogP contribution >= 0.6 is 0 Å². The van der Waals surface area contributed by atoms with Gasteiger partial charge in [-0.25, -0.2) is 8.42 Å². The molecular weight excluding hydrogens is 510 g/mol. The monoisotopic (exact) mass is 539 g/mol. The fourth-order valence-corrected chi connectivity index (χ4v) is 6.89. The highest BCUT2D eigenvalue weighted by Gasteiger charge is 2.39. The number of benzene rings is 2. The Morgan fingerprint density at radius 1 is 0.921 bits per heavy atom. The summed E-state index contributed by atoms with van der Waals surface area (Å²) < 4.78 is 46.2. The van der Waals surface area contributed by atoms with Gasteiger partial charge in [-0.1, -0.05) is 6.07 Å². The number of nitrogens with one attached hydrogen (secondary N) is 1. The third-order valence-corrected chi connectivity index (χ3v) is 8.97. The number of methoxy groups -OCH3 is 3. The van der Waals surface area contributed by atoms with E-state index in [1.165, 1.54) is 49.9 Å². The molecule has 1 saturated heterocycles. The van der Waals surface area contributed by atoms with Crippen LogP contribution in [0, 0.1) is 5.92 Å². The van der Waals surface area contributed by atoms with Crippen LogP contribution in [0.1, 0.15) is 28.4 Å². The van der Waals surface area contributed by atoms with E-state index in [1.807, 2.05) is 6.07 Å². The SMILES string of the molecule is COc1cc(C(=O)Nc2ccc(S(=O)(=O)N3C[C@H]4C[C@@H](C3)c3cccc(=O)n3C4)cc2)cc(OC)c1OC. The molecule has 2 aliphatic rings. The van der Waals surface area contributed by atoms with E-state index in [-0.39, 0.29) is 27.9 Å². The number of carbonyl (C=O) groups excluding carboxylic acids is 1. The summed E-state index contributed by atoms with van der Waals surface area (Å²) in [5.41, 5.74) is 1.57. The van der Waals surface area contributed by atoms with Crippen molar-refractivity contribution >= 4 is 21.6 Å². The predicted molar refractivity (Wildman–Crippen MR) is 141 cm³/mol. The molecule has 0 radical (unpaired) electrons. The first-order valence-electron chi connectivity index (χ1n) is 12.2. The number of anilines is 1. The highest BCUT2D eigenvalue weighted by atomic mass is 32.2. The molecule has 11 heteroatoms. The first-order chi connectivity index (χ1) is 18.2. The summed E-state index contributed by atoms with van der Waals surface area (Å²) in [6.07, 6.45) is 0.862. The summed E-state index contributed by atoms with van der Waals surface area (Å²) in [6.45, 7) is 1.20. The van der Waals surface area contributed by atoms with Crippen LogP contribution in [0.15, 0.2) is 64.3 Å². The topological polar surface area (TPSA) is 116 Å². The highest BCUT2D eigenvalue weighted by Crippen LogP contribution is 2.39. The van der Waals surface area contributed by atoms with Crippen LogP contribution in [0.2, 0.25) is 0 Å². The molecule has 0 unspecified atom stereocenters. The van der Waals surface area contributed by atoms with Crippen LogP contribution < -0.4 is 25.1 Å². The lowest BCUT2D eigenvalue weighted by molar-refractivity contribution is 0.102. The molecule has 2 aliphatic heterocycles. The Kier molecular flexibility index (Phi) is 6.89. The van der Waals surface area contributed by atoms with E-state index in [0.717, 1.165) is 12.1 Å². The number of hydrogen-bond acceptors (Lipinski definition) is 7. The zero-order chi connectivity index (χ0) is 27.0. The fraction of sp³-hybridized carbons (Fsp3) is 0.333. The van der Waals surface area contributed by atoms with Crippen molar-refractivity contribution in [1.82, 2.24) is 8.87 Å². The molecule has 2 bridgehead atoms. The number of nitrogens with zero attached hydrogens (tertiary/aromatic N) is 2. The van der Waals surface area contributed by atoms with Gasteiger partial charge in [-0.2, -0.15) is 4.31 Å². The quantitative estimate of drug-likeness (QED) is 0.491. The zero-order valence-electron chi connectivity index (χ0n) is 21.3. The first-order valence-corrected chi connectivity index (χ1v) is 13.6. The van der Waals surface area contributed by atoms with Gasteiger partial charge in [0.05, 0.1) is 26.2 Å². The third kappa shape index (κ3) is 4.63. The maximum Gasteiger partial charge on any atom is 0.255 e. The number of hydrogen-bond donors (Lipinski definition) is 1. The molecule has 1 amide bonds.